The molecule has 72 valence electrons. The van der Waals surface area contributed by atoms with E-state index in [9.17, 15) is 0 Å². The Morgan fingerprint density at radius 3 is 2.50 bits per heavy atom. The average molecular weight is 298 g/mol. The smallest absolute Gasteiger partial charge is 0.135 e. The van der Waals surface area contributed by atoms with Crippen molar-refractivity contribution in [3.05, 3.63) is 45.7 Å². The van der Waals surface area contributed by atoms with E-state index in [1.54, 1.807) is 0 Å². The minimum Gasteiger partial charge on any atom is -0.460 e. The van der Waals surface area contributed by atoms with Crippen LogP contribution in [0.4, 0.5) is 0 Å². The van der Waals surface area contributed by atoms with E-state index in [2.05, 4.69) is 47.7 Å². The van der Waals surface area contributed by atoms with Crippen LogP contribution in [0, 0.1) is 3.57 Å². The normalized spacial score (nSPS) is 10.4. The Balaban J connectivity index is 2.43. The third-order valence-corrected chi connectivity index (χ3v) is 3.05. The van der Waals surface area contributed by atoms with Crippen LogP contribution >= 0.6 is 22.6 Å². The molecular weight excluding hydrogens is 287 g/mol. The van der Waals surface area contributed by atoms with Crippen molar-refractivity contribution in [3.8, 4) is 11.3 Å². The van der Waals surface area contributed by atoms with Crippen LogP contribution in [-0.4, -0.2) is 0 Å². The van der Waals surface area contributed by atoms with E-state index < -0.39 is 0 Å². The molecule has 0 saturated carbocycles. The van der Waals surface area contributed by atoms with Gasteiger partial charge in [-0.15, -0.1) is 0 Å². The van der Waals surface area contributed by atoms with Crippen molar-refractivity contribution in [2.24, 2.45) is 0 Å². The van der Waals surface area contributed by atoms with Gasteiger partial charge in [0, 0.05) is 12.0 Å². The maximum atomic E-state index is 5.74. The maximum Gasteiger partial charge on any atom is 0.135 e. The number of aryl methyl sites for hydroxylation is 1. The molecule has 0 bridgehead atoms. The van der Waals surface area contributed by atoms with E-state index >= 15 is 0 Å². The lowest BCUT2D eigenvalue weighted by molar-refractivity contribution is 0.527. The predicted molar refractivity (Wildman–Crippen MR) is 66.2 cm³/mol. The zero-order valence-electron chi connectivity index (χ0n) is 7.96. The summed E-state index contributed by atoms with van der Waals surface area (Å²) in [5.41, 5.74) is 1.14. The fourth-order valence-electron chi connectivity index (χ4n) is 1.39. The Labute approximate surface area is 97.3 Å². The molecule has 1 aromatic carbocycles. The van der Waals surface area contributed by atoms with Gasteiger partial charge in [0.1, 0.15) is 11.5 Å². The molecule has 0 N–H and O–H groups in total. The summed E-state index contributed by atoms with van der Waals surface area (Å²) in [6, 6.07) is 12.3. The van der Waals surface area contributed by atoms with Crippen molar-refractivity contribution in [2.75, 3.05) is 0 Å². The van der Waals surface area contributed by atoms with Gasteiger partial charge in [-0.05, 0) is 28.7 Å². The molecule has 0 aliphatic heterocycles. The number of halogens is 1. The first-order valence-corrected chi connectivity index (χ1v) is 5.72. The van der Waals surface area contributed by atoms with E-state index in [0.29, 0.717) is 0 Å². The second-order valence-electron chi connectivity index (χ2n) is 3.10. The lowest BCUT2D eigenvalue weighted by atomic mass is 10.2. The van der Waals surface area contributed by atoms with E-state index in [0.717, 1.165) is 23.5 Å². The first-order valence-electron chi connectivity index (χ1n) is 4.65. The highest BCUT2D eigenvalue weighted by Gasteiger charge is 2.07. The standard InChI is InChI=1S/C12H11IO/c1-2-11-10(13)8-12(14-11)9-6-4-3-5-7-9/h3-8H,2H2,1H3. The number of hydrogen-bond acceptors (Lipinski definition) is 1. The van der Waals surface area contributed by atoms with Gasteiger partial charge in [0.2, 0.25) is 0 Å². The van der Waals surface area contributed by atoms with Gasteiger partial charge in [-0.1, -0.05) is 37.3 Å². The molecule has 0 spiro atoms. The Bertz CT molecular complexity index is 417. The maximum absolute atomic E-state index is 5.74. The van der Waals surface area contributed by atoms with Crippen molar-refractivity contribution in [1.29, 1.82) is 0 Å². The first-order chi connectivity index (χ1) is 6.81. The monoisotopic (exact) mass is 298 g/mol. The van der Waals surface area contributed by atoms with E-state index in [4.69, 9.17) is 4.42 Å². The van der Waals surface area contributed by atoms with Gasteiger partial charge in [-0.3, -0.25) is 0 Å². The molecule has 0 atom stereocenters. The Morgan fingerprint density at radius 2 is 1.93 bits per heavy atom. The van der Waals surface area contributed by atoms with Gasteiger partial charge in [-0.25, -0.2) is 0 Å². The van der Waals surface area contributed by atoms with Crippen LogP contribution in [0.5, 0.6) is 0 Å². The highest BCUT2D eigenvalue weighted by atomic mass is 127. The molecule has 1 heterocycles. The van der Waals surface area contributed by atoms with Crippen molar-refractivity contribution in [2.45, 2.75) is 13.3 Å². The van der Waals surface area contributed by atoms with Crippen LogP contribution in [-0.2, 0) is 6.42 Å². The third kappa shape index (κ3) is 1.85. The summed E-state index contributed by atoms with van der Waals surface area (Å²) in [5, 5.41) is 0. The van der Waals surface area contributed by atoms with Gasteiger partial charge in [0.25, 0.3) is 0 Å². The zero-order chi connectivity index (χ0) is 9.97. The minimum absolute atomic E-state index is 0.950. The summed E-state index contributed by atoms with van der Waals surface area (Å²) in [6.45, 7) is 2.11. The highest BCUT2D eigenvalue weighted by Crippen LogP contribution is 2.26. The number of rotatable bonds is 2. The fourth-order valence-corrected chi connectivity index (χ4v) is 2.17. The molecule has 2 rings (SSSR count). The SMILES string of the molecule is CCc1oc(-c2ccccc2)cc1I. The second-order valence-corrected chi connectivity index (χ2v) is 4.26. The highest BCUT2D eigenvalue weighted by molar-refractivity contribution is 14.1. The topological polar surface area (TPSA) is 13.1 Å². The van der Waals surface area contributed by atoms with Gasteiger partial charge in [-0.2, -0.15) is 0 Å². The van der Waals surface area contributed by atoms with E-state index in [1.165, 1.54) is 3.57 Å². The Morgan fingerprint density at radius 1 is 1.21 bits per heavy atom. The molecule has 1 nitrogen and oxygen atoms in total. The van der Waals surface area contributed by atoms with Gasteiger partial charge in [0.05, 0.1) is 3.57 Å². The summed E-state index contributed by atoms with van der Waals surface area (Å²) in [7, 11) is 0. The van der Waals surface area contributed by atoms with Crippen molar-refractivity contribution in [3.63, 3.8) is 0 Å². The Hall–Kier alpha value is -0.770. The summed E-state index contributed by atoms with van der Waals surface area (Å²) >= 11 is 2.31. The van der Waals surface area contributed by atoms with E-state index in [1.807, 2.05) is 18.2 Å². The van der Waals surface area contributed by atoms with Crippen molar-refractivity contribution < 1.29 is 4.42 Å². The molecule has 0 aliphatic carbocycles. The molecule has 0 aliphatic rings. The molecule has 0 saturated heterocycles. The molecule has 0 radical (unpaired) electrons. The van der Waals surface area contributed by atoms with Gasteiger partial charge in [0.15, 0.2) is 0 Å². The molecule has 0 fully saturated rings. The molecule has 2 aromatic rings. The van der Waals surface area contributed by atoms with Crippen molar-refractivity contribution in [1.82, 2.24) is 0 Å². The summed E-state index contributed by atoms with van der Waals surface area (Å²) in [6.07, 6.45) is 0.950. The molecule has 0 amide bonds. The van der Waals surface area contributed by atoms with Crippen LogP contribution < -0.4 is 0 Å². The first kappa shape index (κ1) is 9.77. The zero-order valence-corrected chi connectivity index (χ0v) is 10.1. The lowest BCUT2D eigenvalue weighted by Crippen LogP contribution is -1.75. The van der Waals surface area contributed by atoms with E-state index in [-0.39, 0.29) is 0 Å². The number of benzene rings is 1. The fraction of sp³-hybridized carbons (Fsp3) is 0.167. The van der Waals surface area contributed by atoms with Crippen LogP contribution in [0.1, 0.15) is 12.7 Å². The molecular formula is C12H11IO. The van der Waals surface area contributed by atoms with Crippen molar-refractivity contribution >= 4 is 22.6 Å². The van der Waals surface area contributed by atoms with Crippen LogP contribution in [0.3, 0.4) is 0 Å². The van der Waals surface area contributed by atoms with Gasteiger partial charge < -0.3 is 4.42 Å². The minimum atomic E-state index is 0.950. The molecule has 0 unspecified atom stereocenters. The third-order valence-electron chi connectivity index (χ3n) is 2.14. The predicted octanol–water partition coefficient (Wildman–Crippen LogP) is 4.11. The molecule has 14 heavy (non-hydrogen) atoms. The second kappa shape index (κ2) is 4.17. The van der Waals surface area contributed by atoms with Gasteiger partial charge >= 0.3 is 0 Å². The molecule has 2 heteroatoms. The number of hydrogen-bond donors (Lipinski definition) is 0. The summed E-state index contributed by atoms with van der Waals surface area (Å²) in [4.78, 5) is 0. The largest absolute Gasteiger partial charge is 0.460 e. The summed E-state index contributed by atoms with van der Waals surface area (Å²) in [5.74, 6) is 2.04. The van der Waals surface area contributed by atoms with Crippen LogP contribution in [0.25, 0.3) is 11.3 Å². The van der Waals surface area contributed by atoms with Crippen LogP contribution in [0.2, 0.25) is 0 Å². The van der Waals surface area contributed by atoms with Crippen LogP contribution in [0.15, 0.2) is 40.8 Å². The average Bonchev–Trinajstić information content (AvgIpc) is 2.61. The quantitative estimate of drug-likeness (QED) is 0.760. The Kier molecular flexibility index (Phi) is 2.91. The lowest BCUT2D eigenvalue weighted by Gasteiger charge is -1.94. The molecule has 1 aromatic heterocycles. The summed E-state index contributed by atoms with van der Waals surface area (Å²) < 4.78 is 6.95. The number of furan rings is 1.